The molecule has 2 fully saturated rings. The van der Waals surface area contributed by atoms with Gasteiger partial charge in [0, 0.05) is 37.0 Å². The smallest absolute Gasteiger partial charge is 0.253 e. The van der Waals surface area contributed by atoms with Gasteiger partial charge in [0.15, 0.2) is 57.6 Å². The van der Waals surface area contributed by atoms with Crippen LogP contribution in [-0.4, -0.2) is 179 Å². The lowest BCUT2D eigenvalue weighted by atomic mass is 9.77. The normalized spacial score (nSPS) is 20.5. The van der Waals surface area contributed by atoms with Gasteiger partial charge in [-0.25, -0.2) is 4.90 Å². The number of aromatic hydroxyl groups is 8. The number of piperidine rings is 2. The third-order valence-corrected chi connectivity index (χ3v) is 14.9. The summed E-state index contributed by atoms with van der Waals surface area (Å²) in [5.74, 6) is -39.4. The van der Waals surface area contributed by atoms with Crippen LogP contribution in [0.4, 0.5) is 0 Å². The monoisotopic (exact) mass is 1060 g/mol. The molecule has 2 saturated heterocycles. The molecule has 27 heteroatoms. The van der Waals surface area contributed by atoms with Crippen LogP contribution in [-0.2, 0) is 24.0 Å². The predicted molar refractivity (Wildman–Crippen MR) is 245 cm³/mol. The summed E-state index contributed by atoms with van der Waals surface area (Å²) in [5.41, 5.74) is -4.34. The molecule has 2 atom stereocenters. The second kappa shape index (κ2) is 19.1. The van der Waals surface area contributed by atoms with Gasteiger partial charge in [0.25, 0.3) is 5.91 Å². The third kappa shape index (κ3) is 8.31. The fourth-order valence-corrected chi connectivity index (χ4v) is 11.0. The van der Waals surface area contributed by atoms with Gasteiger partial charge in [0.2, 0.25) is 58.6 Å². The van der Waals surface area contributed by atoms with Gasteiger partial charge in [-0.05, 0) is 38.8 Å². The minimum absolute atomic E-state index is 0.113. The summed E-state index contributed by atoms with van der Waals surface area (Å²) in [6.45, 7) is -2.26. The van der Waals surface area contributed by atoms with Crippen molar-refractivity contribution in [2.45, 2.75) is 61.3 Å². The average molecular weight is 1060 g/mol. The van der Waals surface area contributed by atoms with E-state index in [1.54, 1.807) is 18.2 Å². The SMILES string of the molecule is COc1c(O)c2c(c(O)c1OC)C(O)(O)C(C(O)(O)C1CCN(Cc3c(O)c(O)c(OCOc4c(O)c5c(c(O)c4OC)C(O)(O)C(C(O)(O)C4CCN(C(O)(O)c6ccccc6)CC4)C5=O)c(O)c3O)CC1)C2=O. The van der Waals surface area contributed by atoms with E-state index in [9.17, 15) is 102 Å². The van der Waals surface area contributed by atoms with Crippen LogP contribution in [0, 0.1) is 23.7 Å². The maximum Gasteiger partial charge on any atom is 0.253 e. The van der Waals surface area contributed by atoms with E-state index in [4.69, 9.17) is 23.7 Å². The second-order valence-electron chi connectivity index (χ2n) is 18.9. The lowest BCUT2D eigenvalue weighted by molar-refractivity contribution is -0.321. The molecule has 0 spiro atoms. The number of hydrogen-bond acceptors (Lipinski definition) is 27. The summed E-state index contributed by atoms with van der Waals surface area (Å²) in [6, 6.07) is 7.72. The highest BCUT2D eigenvalue weighted by molar-refractivity contribution is 6.09. The van der Waals surface area contributed by atoms with Crippen LogP contribution in [0.3, 0.4) is 0 Å². The van der Waals surface area contributed by atoms with Crippen molar-refractivity contribution < 1.29 is 125 Å². The minimum atomic E-state index is -3.59. The number of ether oxygens (including phenoxy) is 5. The van der Waals surface area contributed by atoms with Crippen LogP contribution in [0.15, 0.2) is 30.3 Å². The van der Waals surface area contributed by atoms with Gasteiger partial charge < -0.3 is 116 Å². The summed E-state index contributed by atoms with van der Waals surface area (Å²) >= 11 is 0. The first-order chi connectivity index (χ1) is 35.1. The van der Waals surface area contributed by atoms with Crippen molar-refractivity contribution in [2.24, 2.45) is 23.7 Å². The number of methoxy groups -OCH3 is 3. The largest absolute Gasteiger partial charge is 0.504 e. The van der Waals surface area contributed by atoms with Crippen molar-refractivity contribution in [3.05, 3.63) is 63.7 Å². The number of benzene rings is 4. The highest BCUT2D eigenvalue weighted by Crippen LogP contribution is 2.61. The zero-order valence-electron chi connectivity index (χ0n) is 40.1. The molecule has 2 aliphatic carbocycles. The van der Waals surface area contributed by atoms with E-state index in [-0.39, 0.29) is 57.4 Å². The molecule has 8 rings (SSSR count). The first-order valence-electron chi connectivity index (χ1n) is 23.0. The molecule has 0 aromatic heterocycles. The molecular weight excluding hydrogens is 1000 g/mol. The summed E-state index contributed by atoms with van der Waals surface area (Å²) in [5, 5.41) is 201. The van der Waals surface area contributed by atoms with Gasteiger partial charge in [-0.1, -0.05) is 30.3 Å². The number of nitrogens with zero attached hydrogens (tertiary/aromatic N) is 2. The molecule has 27 nitrogen and oxygen atoms in total. The Balaban J connectivity index is 0.947. The maximum atomic E-state index is 14.0. The highest BCUT2D eigenvalue weighted by Gasteiger charge is 2.66. The van der Waals surface area contributed by atoms with Gasteiger partial charge in [-0.2, -0.15) is 0 Å². The molecule has 2 heterocycles. The van der Waals surface area contributed by atoms with E-state index in [0.717, 1.165) is 21.3 Å². The fourth-order valence-electron chi connectivity index (χ4n) is 11.0. The number of carbonyl (C=O) groups is 2. The van der Waals surface area contributed by atoms with Crippen molar-refractivity contribution >= 4 is 11.6 Å². The number of fused-ring (bicyclic) bond motifs is 2. The fraction of sp³-hybridized carbons (Fsp3) is 0.458. The number of carbonyl (C=O) groups excluding carboxylic acids is 2. The molecule has 0 bridgehead atoms. The number of aliphatic hydroxyl groups is 10. The van der Waals surface area contributed by atoms with Crippen LogP contribution < -0.4 is 23.7 Å². The maximum absolute atomic E-state index is 14.0. The standard InChI is InChI=1S/C48H56N2O25/c1-71-38-29(53)23-25(33(57)39(38)72-2)46(65,66)42(31(23)55)44(61,62)19-9-13-49(14-10-19)17-22-27(51)35(59)37(36(60)28(22)52)74-18-75-41-30(54)24-26(34(58)40(41)73-3)47(67,68)43(32(24)56)45(63,64)20-11-15-50(16-12-20)48(69,70)21-7-5-4-6-8-21/h4-8,19-20,42-43,51-54,57-70H,9-18H2,1-3H3. The van der Waals surface area contributed by atoms with Gasteiger partial charge in [0.05, 0.1) is 49.1 Å². The quantitative estimate of drug-likeness (QED) is 0.0364. The molecule has 18 N–H and O–H groups in total. The topological polar surface area (TPSA) is 451 Å². The van der Waals surface area contributed by atoms with Crippen LogP contribution in [0.25, 0.3) is 0 Å². The molecule has 4 aliphatic rings. The Labute approximate surface area is 423 Å². The molecule has 0 saturated carbocycles. The molecule has 408 valence electrons. The number of hydrogen-bond donors (Lipinski definition) is 18. The van der Waals surface area contributed by atoms with Gasteiger partial charge in [0.1, 0.15) is 11.8 Å². The van der Waals surface area contributed by atoms with E-state index < -0.39 is 180 Å². The third-order valence-electron chi connectivity index (χ3n) is 14.9. The van der Waals surface area contributed by atoms with Crippen molar-refractivity contribution in [2.75, 3.05) is 54.3 Å². The molecular formula is C48H56N2O25. The molecule has 2 aliphatic heterocycles. The van der Waals surface area contributed by atoms with E-state index in [2.05, 4.69) is 0 Å². The minimum Gasteiger partial charge on any atom is -0.504 e. The lowest BCUT2D eigenvalue weighted by Crippen LogP contribution is -2.58. The Kier molecular flexibility index (Phi) is 13.8. The number of likely N-dealkylation sites (tertiary alicyclic amines) is 2. The Bertz CT molecular complexity index is 2880. The molecule has 75 heavy (non-hydrogen) atoms. The van der Waals surface area contributed by atoms with Crippen molar-refractivity contribution in [1.82, 2.24) is 9.80 Å². The molecule has 4 aromatic carbocycles. The lowest BCUT2D eigenvalue weighted by Gasteiger charge is -2.45. The van der Waals surface area contributed by atoms with E-state index in [1.165, 1.54) is 21.9 Å². The van der Waals surface area contributed by atoms with E-state index in [1.807, 2.05) is 0 Å². The number of ketones is 2. The summed E-state index contributed by atoms with van der Waals surface area (Å²) in [7, 11) is 3.03. The molecule has 2 unspecified atom stereocenters. The molecule has 0 radical (unpaired) electrons. The van der Waals surface area contributed by atoms with Crippen molar-refractivity contribution in [1.29, 1.82) is 0 Å². The number of phenolic OH excluding ortho intramolecular Hbond substituents is 8. The van der Waals surface area contributed by atoms with Crippen molar-refractivity contribution in [3.8, 4) is 74.7 Å². The van der Waals surface area contributed by atoms with Crippen LogP contribution in [0.2, 0.25) is 0 Å². The predicted octanol–water partition coefficient (Wildman–Crippen LogP) is -1.55. The van der Waals surface area contributed by atoms with Crippen LogP contribution >= 0.6 is 0 Å². The zero-order valence-corrected chi connectivity index (χ0v) is 40.1. The number of Topliss-reactive ketones (excluding diaryl/α,β-unsaturated/α-hetero) is 2. The molecule has 4 aromatic rings. The highest BCUT2D eigenvalue weighted by atomic mass is 16.7. The average Bonchev–Trinajstić information content (AvgIpc) is 3.74. The zero-order chi connectivity index (χ0) is 55.2. The first-order valence-corrected chi connectivity index (χ1v) is 23.0. The van der Waals surface area contributed by atoms with Crippen molar-refractivity contribution in [3.63, 3.8) is 0 Å². The number of rotatable bonds is 15. The first kappa shape index (κ1) is 54.4. The number of phenols is 8. The van der Waals surface area contributed by atoms with Gasteiger partial charge >= 0.3 is 0 Å². The van der Waals surface area contributed by atoms with Gasteiger partial charge in [-0.15, -0.1) is 0 Å². The Morgan fingerprint density at radius 3 is 1.35 bits per heavy atom. The van der Waals surface area contributed by atoms with E-state index in [0.29, 0.717) is 0 Å². The van der Waals surface area contributed by atoms with Gasteiger partial charge in [-0.3, -0.25) is 14.5 Å². The van der Waals surface area contributed by atoms with E-state index >= 15 is 0 Å². The summed E-state index contributed by atoms with van der Waals surface area (Å²) in [6.07, 6.45) is -0.891. The summed E-state index contributed by atoms with van der Waals surface area (Å²) in [4.78, 5) is 30.3. The Morgan fingerprint density at radius 2 is 0.907 bits per heavy atom. The molecule has 0 amide bonds. The second-order valence-corrected chi connectivity index (χ2v) is 18.9. The summed E-state index contributed by atoms with van der Waals surface area (Å²) < 4.78 is 25.8. The Hall–Kier alpha value is -6.86. The van der Waals surface area contributed by atoms with Crippen LogP contribution in [0.5, 0.6) is 74.7 Å². The van der Waals surface area contributed by atoms with Crippen LogP contribution in [0.1, 0.15) is 68.7 Å². The Morgan fingerprint density at radius 1 is 0.520 bits per heavy atom.